The summed E-state index contributed by atoms with van der Waals surface area (Å²) in [6, 6.07) is 8.26. The van der Waals surface area contributed by atoms with Gasteiger partial charge in [0, 0.05) is 87.7 Å². The third-order valence-electron chi connectivity index (χ3n) is 13.9. The number of fused-ring (bicyclic) bond motifs is 5. The average Bonchev–Trinajstić information content (AvgIpc) is 3.94. The first-order valence-corrected chi connectivity index (χ1v) is 21.5. The van der Waals surface area contributed by atoms with E-state index in [9.17, 15) is 32.7 Å². The number of carbonyl (C=O) groups excluding carboxylic acids is 3. The lowest BCUT2D eigenvalue weighted by molar-refractivity contribution is -0.120. The Bertz CT molecular complexity index is 2740. The highest BCUT2D eigenvalue weighted by atomic mass is 19.2. The smallest absolute Gasteiger partial charge is 0.328 e. The summed E-state index contributed by atoms with van der Waals surface area (Å²) in [7, 11) is 0. The van der Waals surface area contributed by atoms with E-state index in [1.807, 2.05) is 41.3 Å². The molecule has 1 aromatic carbocycles. The van der Waals surface area contributed by atoms with Gasteiger partial charge in [0.25, 0.3) is 5.91 Å². The molecule has 6 aromatic rings. The Morgan fingerprint density at radius 3 is 2.38 bits per heavy atom. The van der Waals surface area contributed by atoms with E-state index in [0.717, 1.165) is 118 Å². The minimum absolute atomic E-state index is 0.0938. The topological polar surface area (TPSA) is 166 Å². The number of piperazine rings is 1. The van der Waals surface area contributed by atoms with Crippen LogP contribution in [-0.2, 0) is 16.6 Å². The van der Waals surface area contributed by atoms with Crippen molar-refractivity contribution in [3.63, 3.8) is 0 Å². The van der Waals surface area contributed by atoms with Crippen molar-refractivity contribution in [2.24, 2.45) is 5.41 Å². The Kier molecular flexibility index (Phi) is 10.3. The Morgan fingerprint density at radius 2 is 1.63 bits per heavy atom. The summed E-state index contributed by atoms with van der Waals surface area (Å²) in [4.78, 5) is 57.5. The van der Waals surface area contributed by atoms with Gasteiger partial charge in [0.2, 0.25) is 17.7 Å². The molecule has 5 aromatic heterocycles. The number of nitrogens with zero attached hydrogens (tertiary/aromatic N) is 9. The van der Waals surface area contributed by atoms with Gasteiger partial charge in [-0.15, -0.1) is 0 Å². The second kappa shape index (κ2) is 16.0. The number of hydrogen-bond acceptors (Lipinski definition) is 10. The molecule has 3 saturated carbocycles. The van der Waals surface area contributed by atoms with Gasteiger partial charge in [-0.1, -0.05) is 6.07 Å². The monoisotopic (exact) mass is 861 g/mol. The number of halogens is 3. The van der Waals surface area contributed by atoms with Crippen molar-refractivity contribution >= 4 is 40.6 Å². The second-order valence-electron chi connectivity index (χ2n) is 17.5. The third kappa shape index (κ3) is 7.59. The number of amides is 4. The molecule has 7 heterocycles. The lowest BCUT2D eigenvalue weighted by Crippen LogP contribution is -2.49. The van der Waals surface area contributed by atoms with Crippen molar-refractivity contribution in [3.05, 3.63) is 102 Å². The summed E-state index contributed by atoms with van der Waals surface area (Å²) in [5.41, 5.74) is 5.37. The molecular weight excluding hydrogens is 816 g/mol. The maximum absolute atomic E-state index is 14.3. The number of phenolic OH excluding ortho intramolecular Hbond substituents is 1. The number of carbonyl (C=O) groups is 3. The standard InChI is InChI=1S/C45H46F3N11O4/c46-32-21-31(38(47)39(48)40(32)61)41(62)51-27-44-7-10-45(11-8-44,12-9-44)35-26-57-14-5-29(20-36(57)53-35)30-22-49-42(50-23-30)56-18-16-55(17-19-56)13-1-2-28-3-4-33-34(24-52-59(33)25-28)58-15-6-37(60)54-43(58)63/h3-5,14,20-26,61H,1-2,6-13,15-19,27H2,(H,51,62)(H,54,60,63). The van der Waals surface area contributed by atoms with E-state index in [4.69, 9.17) is 15.0 Å². The molecule has 3 N–H and O–H groups in total. The van der Waals surface area contributed by atoms with Gasteiger partial charge in [-0.05, 0) is 98.7 Å². The molecule has 5 fully saturated rings. The van der Waals surface area contributed by atoms with Crippen molar-refractivity contribution in [2.45, 2.75) is 63.2 Å². The first-order valence-electron chi connectivity index (χ1n) is 21.5. The summed E-state index contributed by atoms with van der Waals surface area (Å²) in [5.74, 6) is -6.64. The first-order chi connectivity index (χ1) is 30.5. The van der Waals surface area contributed by atoms with Crippen molar-refractivity contribution in [1.82, 2.24) is 44.5 Å². The Labute approximate surface area is 359 Å². The number of nitrogens with one attached hydrogen (secondary N) is 2. The number of pyridine rings is 2. The summed E-state index contributed by atoms with van der Waals surface area (Å²) >= 11 is 0. The van der Waals surface area contributed by atoms with Crippen molar-refractivity contribution in [3.8, 4) is 16.9 Å². The molecule has 11 rings (SSSR count). The number of rotatable bonds is 11. The fourth-order valence-corrected chi connectivity index (χ4v) is 9.92. The number of urea groups is 1. The van der Waals surface area contributed by atoms with Crippen molar-refractivity contribution < 1.29 is 32.7 Å². The van der Waals surface area contributed by atoms with Crippen LogP contribution < -0.4 is 20.4 Å². The molecule has 2 aliphatic heterocycles. The van der Waals surface area contributed by atoms with E-state index in [2.05, 4.69) is 43.9 Å². The number of aromatic hydroxyl groups is 1. The minimum Gasteiger partial charge on any atom is -0.503 e. The summed E-state index contributed by atoms with van der Waals surface area (Å²) in [5, 5.41) is 18.9. The van der Waals surface area contributed by atoms with E-state index >= 15 is 0 Å². The first kappa shape index (κ1) is 40.5. The van der Waals surface area contributed by atoms with E-state index in [1.54, 1.807) is 15.6 Å². The molecule has 15 nitrogen and oxygen atoms in total. The van der Waals surface area contributed by atoms with Crippen LogP contribution in [0, 0.1) is 22.9 Å². The van der Waals surface area contributed by atoms with Crippen LogP contribution in [0.15, 0.2) is 67.5 Å². The zero-order valence-electron chi connectivity index (χ0n) is 34.5. The van der Waals surface area contributed by atoms with Gasteiger partial charge in [0.1, 0.15) is 5.65 Å². The summed E-state index contributed by atoms with van der Waals surface area (Å²) < 4.78 is 45.9. The lowest BCUT2D eigenvalue weighted by Gasteiger charge is -2.53. The molecule has 18 heteroatoms. The van der Waals surface area contributed by atoms with Crippen LogP contribution in [0.1, 0.15) is 73.0 Å². The van der Waals surface area contributed by atoms with Crippen LogP contribution in [0.3, 0.4) is 0 Å². The molecule has 0 radical (unpaired) electrons. The van der Waals surface area contributed by atoms with Gasteiger partial charge < -0.3 is 19.7 Å². The zero-order valence-corrected chi connectivity index (χ0v) is 34.5. The number of phenols is 1. The van der Waals surface area contributed by atoms with E-state index in [0.29, 0.717) is 24.2 Å². The van der Waals surface area contributed by atoms with Crippen LogP contribution in [0.25, 0.3) is 22.3 Å². The van der Waals surface area contributed by atoms with Crippen LogP contribution in [0.2, 0.25) is 0 Å². The zero-order chi connectivity index (χ0) is 43.5. The van der Waals surface area contributed by atoms with Gasteiger partial charge in [0.15, 0.2) is 17.4 Å². The normalized spacial score (nSPS) is 21.7. The maximum Gasteiger partial charge on any atom is 0.328 e. The van der Waals surface area contributed by atoms with Gasteiger partial charge >= 0.3 is 6.03 Å². The number of hydrogen-bond donors (Lipinski definition) is 3. The van der Waals surface area contributed by atoms with Crippen LogP contribution in [0.4, 0.5) is 29.6 Å². The highest BCUT2D eigenvalue weighted by Crippen LogP contribution is 2.57. The number of benzene rings is 1. The fourth-order valence-electron chi connectivity index (χ4n) is 9.92. The van der Waals surface area contributed by atoms with Gasteiger partial charge in [0.05, 0.1) is 28.7 Å². The molecule has 0 unspecified atom stereocenters. The maximum atomic E-state index is 14.3. The van der Waals surface area contributed by atoms with Crippen molar-refractivity contribution in [2.75, 3.05) is 55.6 Å². The molecule has 0 spiro atoms. The van der Waals surface area contributed by atoms with Gasteiger partial charge in [-0.25, -0.2) is 33.0 Å². The predicted octanol–water partition coefficient (Wildman–Crippen LogP) is 5.79. The number of imidazole rings is 1. The van der Waals surface area contributed by atoms with Crippen LogP contribution in [0.5, 0.6) is 5.75 Å². The SMILES string of the molecule is O=C1CCN(c2cnn3cc(CCCN4CCN(c5ncc(-c6ccn7cc(C89CCC(CNC(=O)c%10cc(F)c(O)c(F)c%10F)(CC8)CC9)nc7c6)cn5)CC4)ccc23)C(=O)N1. The Hall–Kier alpha value is -6.56. The van der Waals surface area contributed by atoms with E-state index < -0.39 is 40.7 Å². The average molecular weight is 862 g/mol. The number of anilines is 2. The minimum atomic E-state index is -1.78. The lowest BCUT2D eigenvalue weighted by atomic mass is 9.53. The molecule has 2 bridgehead atoms. The molecule has 63 heavy (non-hydrogen) atoms. The molecule has 4 amide bonds. The number of aryl methyl sites for hydroxylation is 1. The summed E-state index contributed by atoms with van der Waals surface area (Å²) in [6.07, 6.45) is 18.8. The van der Waals surface area contributed by atoms with Gasteiger partial charge in [-0.3, -0.25) is 24.7 Å². The van der Waals surface area contributed by atoms with Crippen LogP contribution >= 0.6 is 0 Å². The summed E-state index contributed by atoms with van der Waals surface area (Å²) in [6.45, 7) is 5.07. The number of aromatic nitrogens is 6. The molecular formula is C45H46F3N11O4. The molecule has 5 aliphatic rings. The highest BCUT2D eigenvalue weighted by molar-refractivity contribution is 6.07. The largest absolute Gasteiger partial charge is 0.503 e. The Morgan fingerprint density at radius 1 is 0.873 bits per heavy atom. The highest BCUT2D eigenvalue weighted by Gasteiger charge is 2.50. The molecule has 326 valence electrons. The second-order valence-corrected chi connectivity index (χ2v) is 17.5. The molecule has 0 atom stereocenters. The van der Waals surface area contributed by atoms with E-state index in [1.165, 1.54) is 0 Å². The molecule has 3 aliphatic carbocycles. The third-order valence-corrected chi connectivity index (χ3v) is 13.9. The predicted molar refractivity (Wildman–Crippen MR) is 226 cm³/mol. The van der Waals surface area contributed by atoms with Gasteiger partial charge in [-0.2, -0.15) is 9.49 Å². The Balaban J connectivity index is 0.703. The fraction of sp³-hybridized carbons (Fsp3) is 0.400. The molecule has 2 saturated heterocycles. The number of imide groups is 1. The van der Waals surface area contributed by atoms with Crippen molar-refractivity contribution in [1.29, 1.82) is 0 Å². The van der Waals surface area contributed by atoms with E-state index in [-0.39, 0.29) is 29.7 Å². The quantitative estimate of drug-likeness (QED) is 0.136. The van der Waals surface area contributed by atoms with Crippen LogP contribution in [-0.4, -0.2) is 103 Å².